The van der Waals surface area contributed by atoms with Gasteiger partial charge in [-0.1, -0.05) is 13.8 Å². The van der Waals surface area contributed by atoms with Gasteiger partial charge in [-0.05, 0) is 37.1 Å². The van der Waals surface area contributed by atoms with Crippen molar-refractivity contribution < 1.29 is 8.95 Å². The molecule has 84 valence electrons. The minimum absolute atomic E-state index is 0.456. The molecule has 1 aromatic carbocycles. The number of ether oxygens (including phenoxy) is 1. The molecular formula is C12H18O2S. The summed E-state index contributed by atoms with van der Waals surface area (Å²) in [6, 6.07) is 7.50. The summed E-state index contributed by atoms with van der Waals surface area (Å²) in [5, 5.41) is 0. The lowest BCUT2D eigenvalue weighted by Crippen LogP contribution is -2.04. The van der Waals surface area contributed by atoms with E-state index in [1.807, 2.05) is 31.2 Å². The molecule has 0 aliphatic carbocycles. The van der Waals surface area contributed by atoms with E-state index < -0.39 is 10.8 Å². The van der Waals surface area contributed by atoms with E-state index in [9.17, 15) is 4.21 Å². The zero-order valence-electron chi connectivity index (χ0n) is 9.53. The molecule has 0 saturated heterocycles. The third-order valence-electron chi connectivity index (χ3n) is 1.88. The summed E-state index contributed by atoms with van der Waals surface area (Å²) in [5.41, 5.74) is 0. The van der Waals surface area contributed by atoms with Crippen molar-refractivity contribution in [2.24, 2.45) is 5.92 Å². The van der Waals surface area contributed by atoms with E-state index in [4.69, 9.17) is 4.74 Å². The second-order valence-electron chi connectivity index (χ2n) is 3.81. The Balaban J connectivity index is 2.67. The van der Waals surface area contributed by atoms with Gasteiger partial charge >= 0.3 is 0 Å². The summed E-state index contributed by atoms with van der Waals surface area (Å²) in [6.45, 7) is 6.76. The first kappa shape index (κ1) is 12.2. The van der Waals surface area contributed by atoms with Crippen LogP contribution in [0.1, 0.15) is 20.8 Å². The quantitative estimate of drug-likeness (QED) is 0.771. The van der Waals surface area contributed by atoms with Gasteiger partial charge in [0.2, 0.25) is 0 Å². The molecular weight excluding hydrogens is 208 g/mol. The van der Waals surface area contributed by atoms with E-state index in [0.717, 1.165) is 10.6 Å². The van der Waals surface area contributed by atoms with Gasteiger partial charge in [0.25, 0.3) is 0 Å². The topological polar surface area (TPSA) is 26.3 Å². The van der Waals surface area contributed by atoms with Crippen molar-refractivity contribution >= 4 is 10.8 Å². The molecule has 1 unspecified atom stereocenters. The van der Waals surface area contributed by atoms with E-state index in [-0.39, 0.29) is 0 Å². The molecule has 0 radical (unpaired) electrons. The second-order valence-corrected chi connectivity index (χ2v) is 5.31. The average molecular weight is 226 g/mol. The highest BCUT2D eigenvalue weighted by molar-refractivity contribution is 7.85. The van der Waals surface area contributed by atoms with Crippen LogP contribution in [0.2, 0.25) is 0 Å². The lowest BCUT2D eigenvalue weighted by Gasteiger charge is -2.06. The lowest BCUT2D eigenvalue weighted by atomic mass is 10.3. The molecule has 0 N–H and O–H groups in total. The van der Waals surface area contributed by atoms with Crippen molar-refractivity contribution in [3.05, 3.63) is 24.3 Å². The van der Waals surface area contributed by atoms with Crippen LogP contribution in [-0.2, 0) is 10.8 Å². The van der Waals surface area contributed by atoms with Crippen LogP contribution in [0.5, 0.6) is 5.75 Å². The fraction of sp³-hybridized carbons (Fsp3) is 0.500. The molecule has 0 aromatic heterocycles. The summed E-state index contributed by atoms with van der Waals surface area (Å²) < 4.78 is 17.1. The fourth-order valence-corrected chi connectivity index (χ4v) is 2.49. The van der Waals surface area contributed by atoms with E-state index in [1.165, 1.54) is 0 Å². The molecule has 0 spiro atoms. The molecule has 0 saturated carbocycles. The van der Waals surface area contributed by atoms with Crippen LogP contribution >= 0.6 is 0 Å². The number of hydrogen-bond acceptors (Lipinski definition) is 2. The predicted octanol–water partition coefficient (Wildman–Crippen LogP) is 2.85. The van der Waals surface area contributed by atoms with Crippen molar-refractivity contribution in [1.29, 1.82) is 0 Å². The van der Waals surface area contributed by atoms with Gasteiger partial charge in [0.05, 0.1) is 17.4 Å². The maximum absolute atomic E-state index is 11.8. The minimum atomic E-state index is -0.881. The van der Waals surface area contributed by atoms with Gasteiger partial charge in [0.15, 0.2) is 0 Å². The van der Waals surface area contributed by atoms with Crippen LogP contribution < -0.4 is 4.74 Å². The molecule has 0 amide bonds. The Morgan fingerprint density at radius 3 is 2.33 bits per heavy atom. The third kappa shape index (κ3) is 4.04. The zero-order valence-corrected chi connectivity index (χ0v) is 10.3. The van der Waals surface area contributed by atoms with E-state index in [2.05, 4.69) is 13.8 Å². The summed E-state index contributed by atoms with van der Waals surface area (Å²) in [5.74, 6) is 2.01. The largest absolute Gasteiger partial charge is 0.494 e. The molecule has 0 aliphatic heterocycles. The highest BCUT2D eigenvalue weighted by Crippen LogP contribution is 2.15. The van der Waals surface area contributed by atoms with Crippen molar-refractivity contribution in [3.8, 4) is 5.75 Å². The number of benzene rings is 1. The van der Waals surface area contributed by atoms with Gasteiger partial charge < -0.3 is 4.74 Å². The fourth-order valence-electron chi connectivity index (χ4n) is 1.25. The average Bonchev–Trinajstić information content (AvgIpc) is 2.18. The molecule has 3 heteroatoms. The Morgan fingerprint density at radius 2 is 1.87 bits per heavy atom. The van der Waals surface area contributed by atoms with Gasteiger partial charge in [0, 0.05) is 10.6 Å². The van der Waals surface area contributed by atoms with Gasteiger partial charge in [-0.25, -0.2) is 0 Å². The second kappa shape index (κ2) is 5.91. The maximum atomic E-state index is 11.8. The van der Waals surface area contributed by atoms with Crippen LogP contribution in [-0.4, -0.2) is 16.6 Å². The van der Waals surface area contributed by atoms with E-state index in [0.29, 0.717) is 18.3 Å². The van der Waals surface area contributed by atoms with E-state index in [1.54, 1.807) is 0 Å². The van der Waals surface area contributed by atoms with Gasteiger partial charge in [0.1, 0.15) is 5.75 Å². The van der Waals surface area contributed by atoms with Crippen molar-refractivity contribution in [1.82, 2.24) is 0 Å². The highest BCUT2D eigenvalue weighted by Gasteiger charge is 2.06. The monoisotopic (exact) mass is 226 g/mol. The Morgan fingerprint density at radius 1 is 1.27 bits per heavy atom. The molecule has 2 nitrogen and oxygen atoms in total. The van der Waals surface area contributed by atoms with Crippen molar-refractivity contribution in [3.63, 3.8) is 0 Å². The summed E-state index contributed by atoms with van der Waals surface area (Å²) in [6.07, 6.45) is 0. The SMILES string of the molecule is CCOc1ccc(S(=O)CC(C)C)cc1. The molecule has 0 heterocycles. The predicted molar refractivity (Wildman–Crippen MR) is 63.7 cm³/mol. The number of rotatable bonds is 5. The van der Waals surface area contributed by atoms with Gasteiger partial charge in [-0.2, -0.15) is 0 Å². The molecule has 0 aliphatic rings. The smallest absolute Gasteiger partial charge is 0.119 e. The van der Waals surface area contributed by atoms with Crippen LogP contribution in [0, 0.1) is 5.92 Å². The van der Waals surface area contributed by atoms with Crippen LogP contribution in [0.4, 0.5) is 0 Å². The third-order valence-corrected chi connectivity index (χ3v) is 3.65. The normalized spacial score (nSPS) is 12.8. The molecule has 1 atom stereocenters. The Bertz CT molecular complexity index is 317. The first-order valence-corrected chi connectivity index (χ1v) is 6.56. The molecule has 1 rings (SSSR count). The highest BCUT2D eigenvalue weighted by atomic mass is 32.2. The molecule has 0 fully saturated rings. The van der Waals surface area contributed by atoms with Gasteiger partial charge in [-0.3, -0.25) is 4.21 Å². The Hall–Kier alpha value is -0.830. The summed E-state index contributed by atoms with van der Waals surface area (Å²) in [4.78, 5) is 0.882. The Labute approximate surface area is 94.1 Å². The van der Waals surface area contributed by atoms with Gasteiger partial charge in [-0.15, -0.1) is 0 Å². The summed E-state index contributed by atoms with van der Waals surface area (Å²) in [7, 11) is -0.881. The molecule has 1 aromatic rings. The van der Waals surface area contributed by atoms with E-state index >= 15 is 0 Å². The minimum Gasteiger partial charge on any atom is -0.494 e. The summed E-state index contributed by atoms with van der Waals surface area (Å²) >= 11 is 0. The maximum Gasteiger partial charge on any atom is 0.119 e. The lowest BCUT2D eigenvalue weighted by molar-refractivity contribution is 0.340. The van der Waals surface area contributed by atoms with Crippen LogP contribution in [0.15, 0.2) is 29.2 Å². The van der Waals surface area contributed by atoms with Crippen molar-refractivity contribution in [2.45, 2.75) is 25.7 Å². The van der Waals surface area contributed by atoms with Crippen molar-refractivity contribution in [2.75, 3.05) is 12.4 Å². The zero-order chi connectivity index (χ0) is 11.3. The van der Waals surface area contributed by atoms with Crippen LogP contribution in [0.25, 0.3) is 0 Å². The van der Waals surface area contributed by atoms with Crippen LogP contribution in [0.3, 0.4) is 0 Å². The first-order valence-electron chi connectivity index (χ1n) is 5.24. The number of hydrogen-bond donors (Lipinski definition) is 0. The first-order chi connectivity index (χ1) is 7.13. The standard InChI is InChI=1S/C12H18O2S/c1-4-14-11-5-7-12(8-6-11)15(13)9-10(2)3/h5-8,10H,4,9H2,1-3H3. The molecule has 15 heavy (non-hydrogen) atoms. The Kier molecular flexibility index (Phi) is 4.82. The molecule has 0 bridgehead atoms.